The van der Waals surface area contributed by atoms with Crippen molar-refractivity contribution >= 4 is 5.78 Å². The second-order valence-electron chi connectivity index (χ2n) is 8.54. The molecule has 5 aromatic rings. The highest BCUT2D eigenvalue weighted by Gasteiger charge is 2.17. The molecular weight excluding hydrogens is 452 g/mol. The molecule has 0 bridgehead atoms. The number of pyridine rings is 1. The normalized spacial score (nSPS) is 11.0. The number of aromatic nitrogens is 8. The van der Waals surface area contributed by atoms with E-state index >= 15 is 0 Å². The van der Waals surface area contributed by atoms with Gasteiger partial charge in [0.05, 0.1) is 6.54 Å². The third kappa shape index (κ3) is 5.25. The fourth-order valence-electron chi connectivity index (χ4n) is 4.05. The molecule has 0 aliphatic carbocycles. The number of nitrogens with zero attached hydrogens (tertiary/aromatic N) is 7. The summed E-state index contributed by atoms with van der Waals surface area (Å²) in [4.78, 5) is 21.9. The molecule has 3 aromatic heterocycles. The number of aryl methyl sites for hydroxylation is 1. The van der Waals surface area contributed by atoms with Crippen LogP contribution in [0.15, 0.2) is 72.9 Å². The van der Waals surface area contributed by atoms with Gasteiger partial charge in [-0.15, -0.1) is 10.2 Å². The number of aromatic amines is 1. The summed E-state index contributed by atoms with van der Waals surface area (Å²) in [5.74, 6) is 1.57. The first-order valence-corrected chi connectivity index (χ1v) is 12.0. The van der Waals surface area contributed by atoms with Crippen LogP contribution in [-0.4, -0.2) is 46.2 Å². The van der Waals surface area contributed by atoms with E-state index < -0.39 is 0 Å². The fraction of sp³-hybridized carbons (Fsp3) is 0.222. The Hall–Kier alpha value is -4.53. The smallest absolute Gasteiger partial charge is 0.217 e. The maximum atomic E-state index is 12.9. The molecule has 0 amide bonds. The van der Waals surface area contributed by atoms with E-state index in [1.807, 2.05) is 59.3 Å². The lowest BCUT2D eigenvalue weighted by Crippen LogP contribution is -2.09. The van der Waals surface area contributed by atoms with Crippen LogP contribution in [0.4, 0.5) is 0 Å². The van der Waals surface area contributed by atoms with Crippen LogP contribution in [0.3, 0.4) is 0 Å². The van der Waals surface area contributed by atoms with Gasteiger partial charge in [0.1, 0.15) is 11.5 Å². The van der Waals surface area contributed by atoms with Gasteiger partial charge in [0.2, 0.25) is 11.6 Å². The number of nitrogens with one attached hydrogen (secondary N) is 1. The molecule has 5 rings (SSSR count). The molecule has 2 aromatic carbocycles. The zero-order valence-corrected chi connectivity index (χ0v) is 20.0. The summed E-state index contributed by atoms with van der Waals surface area (Å²) in [7, 11) is 0. The predicted molar refractivity (Wildman–Crippen MR) is 135 cm³/mol. The summed E-state index contributed by atoms with van der Waals surface area (Å²) >= 11 is 0. The summed E-state index contributed by atoms with van der Waals surface area (Å²) in [5.41, 5.74) is 4.65. The van der Waals surface area contributed by atoms with Crippen LogP contribution in [0.5, 0.6) is 0 Å². The molecule has 9 nitrogen and oxygen atoms in total. The highest BCUT2D eigenvalue weighted by Crippen LogP contribution is 2.28. The minimum Gasteiger partial charge on any atom is -0.290 e. The molecule has 0 spiro atoms. The van der Waals surface area contributed by atoms with E-state index in [0.29, 0.717) is 24.5 Å². The molecule has 0 aliphatic heterocycles. The SMILES string of the molecule is CCCCc1nc(C(=O)Cc2ccccc2)nn1Cc1ccc(-c2cccnc2-c2nnn[nH]2)cc1. The van der Waals surface area contributed by atoms with Gasteiger partial charge in [0, 0.05) is 24.6 Å². The number of carbonyl (C=O) groups excluding carboxylic acids is 1. The van der Waals surface area contributed by atoms with E-state index in [9.17, 15) is 4.79 Å². The molecule has 0 saturated carbocycles. The highest BCUT2D eigenvalue weighted by atomic mass is 16.1. The minimum atomic E-state index is -0.0703. The van der Waals surface area contributed by atoms with Crippen molar-refractivity contribution in [2.24, 2.45) is 0 Å². The van der Waals surface area contributed by atoms with Crippen LogP contribution in [0.1, 0.15) is 47.3 Å². The number of H-pyrrole nitrogens is 1. The van der Waals surface area contributed by atoms with Gasteiger partial charge in [-0.25, -0.2) is 14.8 Å². The average Bonchev–Trinajstić information content (AvgIpc) is 3.59. The number of tetrazole rings is 1. The van der Waals surface area contributed by atoms with Gasteiger partial charge in [-0.05, 0) is 39.6 Å². The zero-order valence-electron chi connectivity index (χ0n) is 20.0. The Morgan fingerprint density at radius 1 is 0.972 bits per heavy atom. The first-order valence-electron chi connectivity index (χ1n) is 12.0. The molecule has 3 heterocycles. The number of benzene rings is 2. The summed E-state index contributed by atoms with van der Waals surface area (Å²) < 4.78 is 1.86. The van der Waals surface area contributed by atoms with Crippen LogP contribution < -0.4 is 0 Å². The van der Waals surface area contributed by atoms with Crippen molar-refractivity contribution in [3.63, 3.8) is 0 Å². The lowest BCUT2D eigenvalue weighted by molar-refractivity contribution is 0.0982. The number of ketones is 1. The zero-order chi connectivity index (χ0) is 24.7. The van der Waals surface area contributed by atoms with Crippen LogP contribution in [0.2, 0.25) is 0 Å². The first-order chi connectivity index (χ1) is 17.7. The third-order valence-corrected chi connectivity index (χ3v) is 5.93. The van der Waals surface area contributed by atoms with Crippen LogP contribution in [0, 0.1) is 0 Å². The molecule has 0 atom stereocenters. The number of hydrogen-bond acceptors (Lipinski definition) is 7. The van der Waals surface area contributed by atoms with Crippen LogP contribution in [0.25, 0.3) is 22.6 Å². The van der Waals surface area contributed by atoms with Crippen LogP contribution in [-0.2, 0) is 19.4 Å². The molecule has 0 aliphatic rings. The largest absolute Gasteiger partial charge is 0.290 e. The quantitative estimate of drug-likeness (QED) is 0.297. The Balaban J connectivity index is 1.37. The van der Waals surface area contributed by atoms with E-state index in [-0.39, 0.29) is 11.6 Å². The summed E-state index contributed by atoms with van der Waals surface area (Å²) in [5, 5.41) is 18.7. The average molecular weight is 479 g/mol. The van der Waals surface area contributed by atoms with E-state index in [0.717, 1.165) is 47.3 Å². The van der Waals surface area contributed by atoms with Gasteiger partial charge in [-0.2, -0.15) is 0 Å². The monoisotopic (exact) mass is 478 g/mol. The minimum absolute atomic E-state index is 0.0703. The van der Waals surface area contributed by atoms with E-state index in [2.05, 4.69) is 54.7 Å². The fourth-order valence-corrected chi connectivity index (χ4v) is 4.05. The number of rotatable bonds is 10. The van der Waals surface area contributed by atoms with Crippen LogP contribution >= 0.6 is 0 Å². The van der Waals surface area contributed by atoms with Crippen molar-refractivity contribution in [3.05, 3.63) is 95.7 Å². The maximum absolute atomic E-state index is 12.9. The molecule has 0 unspecified atom stereocenters. The van der Waals surface area contributed by atoms with Gasteiger partial charge in [-0.3, -0.25) is 9.78 Å². The lowest BCUT2D eigenvalue weighted by Gasteiger charge is -2.09. The second-order valence-corrected chi connectivity index (χ2v) is 8.54. The van der Waals surface area contributed by atoms with Gasteiger partial charge < -0.3 is 0 Å². The Labute approximate surface area is 208 Å². The van der Waals surface area contributed by atoms with Gasteiger partial charge in [-0.1, -0.05) is 74.0 Å². The topological polar surface area (TPSA) is 115 Å². The third-order valence-electron chi connectivity index (χ3n) is 5.93. The second kappa shape index (κ2) is 10.8. The van der Waals surface area contributed by atoms with E-state index in [4.69, 9.17) is 0 Å². The van der Waals surface area contributed by atoms with Crippen molar-refractivity contribution in [3.8, 4) is 22.6 Å². The van der Waals surface area contributed by atoms with Crippen molar-refractivity contribution in [1.82, 2.24) is 40.4 Å². The summed E-state index contributed by atoms with van der Waals surface area (Å²) in [6.45, 7) is 2.68. The molecular formula is C27H26N8O. The van der Waals surface area contributed by atoms with Crippen molar-refractivity contribution in [1.29, 1.82) is 0 Å². The van der Waals surface area contributed by atoms with E-state index in [1.165, 1.54) is 0 Å². The maximum Gasteiger partial charge on any atom is 0.217 e. The Morgan fingerprint density at radius 2 is 1.81 bits per heavy atom. The number of Topliss-reactive ketones (excluding diaryl/α,β-unsaturated/α-hetero) is 1. The molecule has 0 radical (unpaired) electrons. The van der Waals surface area contributed by atoms with Crippen molar-refractivity contribution in [2.45, 2.75) is 39.2 Å². The Morgan fingerprint density at radius 3 is 2.56 bits per heavy atom. The molecule has 1 N–H and O–H groups in total. The molecule has 180 valence electrons. The standard InChI is InChI=1S/C27H26N8O/c1-2-3-11-24-29-26(23(36)17-19-8-5-4-6-9-19)32-35(24)18-20-12-14-21(15-13-20)22-10-7-16-28-25(22)27-30-33-34-31-27/h4-10,12-16H,2-3,11,17-18H2,1H3,(H,30,31,33,34). The van der Waals surface area contributed by atoms with Gasteiger partial charge >= 0.3 is 0 Å². The number of hydrogen-bond donors (Lipinski definition) is 1. The molecule has 0 fully saturated rings. The molecule has 0 saturated heterocycles. The Kier molecular flexibility index (Phi) is 6.98. The number of carbonyl (C=O) groups is 1. The first kappa shape index (κ1) is 23.2. The van der Waals surface area contributed by atoms with Crippen molar-refractivity contribution < 1.29 is 4.79 Å². The van der Waals surface area contributed by atoms with Gasteiger partial charge in [0.15, 0.2) is 5.82 Å². The number of unbranched alkanes of at least 4 members (excludes halogenated alkanes) is 1. The molecule has 9 heteroatoms. The summed E-state index contributed by atoms with van der Waals surface area (Å²) in [6.07, 6.45) is 4.83. The summed E-state index contributed by atoms with van der Waals surface area (Å²) in [6, 6.07) is 21.8. The lowest BCUT2D eigenvalue weighted by atomic mass is 10.0. The van der Waals surface area contributed by atoms with Gasteiger partial charge in [0.25, 0.3) is 0 Å². The Bertz CT molecular complexity index is 1430. The van der Waals surface area contributed by atoms with Crippen molar-refractivity contribution in [2.75, 3.05) is 0 Å². The molecule has 36 heavy (non-hydrogen) atoms. The highest BCUT2D eigenvalue weighted by molar-refractivity contribution is 5.94. The van der Waals surface area contributed by atoms with E-state index in [1.54, 1.807) is 6.20 Å². The predicted octanol–water partition coefficient (Wildman–Crippen LogP) is 4.34.